The number of aromatic nitrogens is 1. The fourth-order valence-electron chi connectivity index (χ4n) is 3.61. The summed E-state index contributed by atoms with van der Waals surface area (Å²) in [7, 11) is 0. The lowest BCUT2D eigenvalue weighted by Crippen LogP contribution is -2.27. The highest BCUT2D eigenvalue weighted by molar-refractivity contribution is 5.48. The molecule has 1 aliphatic heterocycles. The second kappa shape index (κ2) is 5.68. The van der Waals surface area contributed by atoms with Crippen molar-refractivity contribution in [1.29, 1.82) is 0 Å². The summed E-state index contributed by atoms with van der Waals surface area (Å²) in [5.74, 6) is 2.39. The Morgan fingerprint density at radius 1 is 1.35 bits per heavy atom. The third-order valence-corrected chi connectivity index (χ3v) is 4.64. The topological polar surface area (TPSA) is 28.2 Å². The van der Waals surface area contributed by atoms with Gasteiger partial charge in [-0.05, 0) is 30.7 Å². The van der Waals surface area contributed by atoms with E-state index in [1.807, 2.05) is 0 Å². The number of hydrogen-bond donors (Lipinski definition) is 1. The average Bonchev–Trinajstić information content (AvgIpc) is 2.97. The van der Waals surface area contributed by atoms with Gasteiger partial charge in [0.15, 0.2) is 0 Å². The number of pyridine rings is 1. The van der Waals surface area contributed by atoms with E-state index >= 15 is 0 Å². The minimum atomic E-state index is -0.242. The lowest BCUT2D eigenvalue weighted by atomic mass is 10.0. The number of hydrogen-bond acceptors (Lipinski definition) is 3. The van der Waals surface area contributed by atoms with Crippen molar-refractivity contribution in [3.63, 3.8) is 0 Å². The molecule has 2 heterocycles. The van der Waals surface area contributed by atoms with Gasteiger partial charge in [0, 0.05) is 31.2 Å². The molecule has 2 fully saturated rings. The summed E-state index contributed by atoms with van der Waals surface area (Å²) in [5, 5.41) is 3.37. The minimum Gasteiger partial charge on any atom is -0.356 e. The zero-order chi connectivity index (χ0) is 14.1. The first-order valence-electron chi connectivity index (χ1n) is 7.76. The predicted octanol–water partition coefficient (Wildman–Crippen LogP) is 2.96. The van der Waals surface area contributed by atoms with Crippen LogP contribution in [0.1, 0.15) is 38.7 Å². The number of anilines is 1. The molecule has 3 rings (SSSR count). The van der Waals surface area contributed by atoms with Crippen LogP contribution < -0.4 is 10.2 Å². The highest BCUT2D eigenvalue weighted by atomic mass is 19.1. The van der Waals surface area contributed by atoms with E-state index in [1.54, 1.807) is 6.07 Å². The Hall–Kier alpha value is -1.16. The largest absolute Gasteiger partial charge is 0.356 e. The van der Waals surface area contributed by atoms with Crippen molar-refractivity contribution in [3.8, 4) is 0 Å². The smallest absolute Gasteiger partial charge is 0.141 e. The lowest BCUT2D eigenvalue weighted by Gasteiger charge is -2.22. The van der Waals surface area contributed by atoms with E-state index in [2.05, 4.69) is 29.0 Å². The molecule has 1 saturated carbocycles. The molecule has 1 N–H and O–H groups in total. The molecule has 3 nitrogen and oxygen atoms in total. The lowest BCUT2D eigenvalue weighted by molar-refractivity contribution is 0.494. The monoisotopic (exact) mass is 277 g/mol. The van der Waals surface area contributed by atoms with Gasteiger partial charge in [0.05, 0.1) is 6.20 Å². The van der Waals surface area contributed by atoms with Gasteiger partial charge in [0.1, 0.15) is 11.6 Å². The normalized spacial score (nSPS) is 25.5. The summed E-state index contributed by atoms with van der Waals surface area (Å²) in [5.41, 5.74) is 0.985. The summed E-state index contributed by atoms with van der Waals surface area (Å²) in [4.78, 5) is 6.74. The number of rotatable bonds is 4. The fourth-order valence-corrected chi connectivity index (χ4v) is 3.61. The van der Waals surface area contributed by atoms with Crippen LogP contribution in [0.15, 0.2) is 12.3 Å². The van der Waals surface area contributed by atoms with Crippen molar-refractivity contribution in [2.75, 3.05) is 18.0 Å². The summed E-state index contributed by atoms with van der Waals surface area (Å²) in [6.07, 6.45) is 5.42. The van der Waals surface area contributed by atoms with Gasteiger partial charge in [-0.1, -0.05) is 20.3 Å². The van der Waals surface area contributed by atoms with Gasteiger partial charge >= 0.3 is 0 Å². The third kappa shape index (κ3) is 2.80. The molecule has 0 amide bonds. The second-order valence-corrected chi connectivity index (χ2v) is 6.53. The molecular formula is C16H24FN3. The van der Waals surface area contributed by atoms with Crippen molar-refractivity contribution in [2.24, 2.45) is 11.8 Å². The summed E-state index contributed by atoms with van der Waals surface area (Å²) in [6.45, 7) is 7.08. The zero-order valence-corrected chi connectivity index (χ0v) is 12.4. The van der Waals surface area contributed by atoms with E-state index in [9.17, 15) is 4.39 Å². The van der Waals surface area contributed by atoms with E-state index in [0.717, 1.165) is 36.3 Å². The Morgan fingerprint density at radius 2 is 2.05 bits per heavy atom. The first-order valence-corrected chi connectivity index (χ1v) is 7.76. The van der Waals surface area contributed by atoms with Gasteiger partial charge in [-0.2, -0.15) is 0 Å². The van der Waals surface area contributed by atoms with Crippen molar-refractivity contribution in [2.45, 2.75) is 45.7 Å². The molecule has 2 aliphatic rings. The molecule has 110 valence electrons. The van der Waals surface area contributed by atoms with Crippen LogP contribution in [0.2, 0.25) is 0 Å². The first-order chi connectivity index (χ1) is 9.63. The Balaban J connectivity index is 1.78. The molecule has 2 atom stereocenters. The second-order valence-electron chi connectivity index (χ2n) is 6.53. The molecule has 0 bridgehead atoms. The van der Waals surface area contributed by atoms with E-state index in [0.29, 0.717) is 12.6 Å². The van der Waals surface area contributed by atoms with Crippen LogP contribution in [0, 0.1) is 17.7 Å². The Kier molecular flexibility index (Phi) is 3.92. The first kappa shape index (κ1) is 13.8. The molecule has 1 aliphatic carbocycles. The zero-order valence-electron chi connectivity index (χ0n) is 12.4. The molecule has 1 aromatic rings. The highest BCUT2D eigenvalue weighted by Crippen LogP contribution is 2.39. The number of nitrogens with one attached hydrogen (secondary N) is 1. The molecule has 1 aromatic heterocycles. The predicted molar refractivity (Wildman–Crippen MR) is 79.2 cm³/mol. The highest BCUT2D eigenvalue weighted by Gasteiger charge is 2.37. The molecule has 0 aromatic carbocycles. The van der Waals surface area contributed by atoms with Crippen molar-refractivity contribution >= 4 is 5.82 Å². The maximum Gasteiger partial charge on any atom is 0.141 e. The van der Waals surface area contributed by atoms with E-state index in [-0.39, 0.29) is 5.82 Å². The number of nitrogens with zero attached hydrogens (tertiary/aromatic N) is 2. The van der Waals surface area contributed by atoms with E-state index in [4.69, 9.17) is 0 Å². The van der Waals surface area contributed by atoms with Crippen molar-refractivity contribution < 1.29 is 4.39 Å². The average molecular weight is 277 g/mol. The summed E-state index contributed by atoms with van der Waals surface area (Å²) in [6, 6.07) is 2.02. The molecular weight excluding hydrogens is 253 g/mol. The quantitative estimate of drug-likeness (QED) is 0.917. The van der Waals surface area contributed by atoms with Gasteiger partial charge in [0.2, 0.25) is 0 Å². The van der Waals surface area contributed by atoms with Crippen LogP contribution >= 0.6 is 0 Å². The van der Waals surface area contributed by atoms with Gasteiger partial charge in [0.25, 0.3) is 0 Å². The molecule has 0 spiro atoms. The molecule has 2 unspecified atom stereocenters. The molecule has 4 heteroatoms. The molecule has 0 radical (unpaired) electrons. The van der Waals surface area contributed by atoms with E-state index in [1.165, 1.54) is 25.5 Å². The maximum atomic E-state index is 13.5. The standard InChI is InChI=1S/C16H24FN3/c1-11(2)18-7-14-6-15(17)8-19-16(14)20-9-12-4-3-5-13(12)10-20/h6,8,11-13,18H,3-5,7,9-10H2,1-2H3. The maximum absolute atomic E-state index is 13.5. The van der Waals surface area contributed by atoms with Gasteiger partial charge < -0.3 is 10.2 Å². The van der Waals surface area contributed by atoms with Crippen molar-refractivity contribution in [1.82, 2.24) is 10.3 Å². The molecule has 1 saturated heterocycles. The van der Waals surface area contributed by atoms with Gasteiger partial charge in [-0.25, -0.2) is 9.37 Å². The van der Waals surface area contributed by atoms with Gasteiger partial charge in [-0.3, -0.25) is 0 Å². The van der Waals surface area contributed by atoms with Crippen LogP contribution in [0.4, 0.5) is 10.2 Å². The van der Waals surface area contributed by atoms with Crippen LogP contribution in [0.5, 0.6) is 0 Å². The van der Waals surface area contributed by atoms with E-state index < -0.39 is 0 Å². The minimum absolute atomic E-state index is 0.242. The van der Waals surface area contributed by atoms with Crippen LogP contribution in [0.3, 0.4) is 0 Å². The van der Waals surface area contributed by atoms with Crippen LogP contribution in [0.25, 0.3) is 0 Å². The fraction of sp³-hybridized carbons (Fsp3) is 0.688. The molecule has 20 heavy (non-hydrogen) atoms. The third-order valence-electron chi connectivity index (χ3n) is 4.64. The SMILES string of the molecule is CC(C)NCc1cc(F)cnc1N1CC2CCCC2C1. The summed E-state index contributed by atoms with van der Waals surface area (Å²) < 4.78 is 13.5. The van der Waals surface area contributed by atoms with Crippen LogP contribution in [-0.2, 0) is 6.54 Å². The summed E-state index contributed by atoms with van der Waals surface area (Å²) >= 11 is 0. The van der Waals surface area contributed by atoms with Crippen LogP contribution in [-0.4, -0.2) is 24.1 Å². The Labute approximate surface area is 120 Å². The Morgan fingerprint density at radius 3 is 2.70 bits per heavy atom. The van der Waals surface area contributed by atoms with Crippen molar-refractivity contribution in [3.05, 3.63) is 23.6 Å². The number of halogens is 1. The Bertz CT molecular complexity index is 463. The number of fused-ring (bicyclic) bond motifs is 1. The van der Waals surface area contributed by atoms with Gasteiger partial charge in [-0.15, -0.1) is 0 Å².